The summed E-state index contributed by atoms with van der Waals surface area (Å²) in [6, 6.07) is 0.143. The Morgan fingerprint density at radius 3 is 2.21 bits per heavy atom. The Balaban J connectivity index is 1.53. The fourth-order valence-electron chi connectivity index (χ4n) is 3.26. The number of hydrogen-bond donors (Lipinski definition) is 1. The van der Waals surface area contributed by atoms with Gasteiger partial charge in [0.05, 0.1) is 0 Å². The van der Waals surface area contributed by atoms with Crippen LogP contribution in [0, 0.1) is 5.92 Å². The van der Waals surface area contributed by atoms with E-state index in [-0.39, 0.29) is 32.2 Å². The molecule has 0 spiro atoms. The van der Waals surface area contributed by atoms with E-state index >= 15 is 0 Å². The van der Waals surface area contributed by atoms with E-state index in [4.69, 9.17) is 0 Å². The standard InChI is InChI=1S/C15H26N4O4S/c1-12-3-2-6-19(11-12)24(22,23)18-9-7-17(8-10-18)15(21)14(20)16-13-4-5-13/h12-13H,2-11H2,1H3,(H,16,20). The van der Waals surface area contributed by atoms with E-state index in [2.05, 4.69) is 12.2 Å². The normalized spacial score (nSPS) is 27.0. The predicted octanol–water partition coefficient (Wildman–Crippen LogP) is -0.614. The first-order valence-electron chi connectivity index (χ1n) is 8.73. The zero-order valence-electron chi connectivity index (χ0n) is 14.1. The fraction of sp³-hybridized carbons (Fsp3) is 0.867. The lowest BCUT2D eigenvalue weighted by Gasteiger charge is -2.38. The van der Waals surface area contributed by atoms with E-state index in [9.17, 15) is 18.0 Å². The summed E-state index contributed by atoms with van der Waals surface area (Å²) in [6.45, 7) is 4.21. The molecule has 9 heteroatoms. The summed E-state index contributed by atoms with van der Waals surface area (Å²) in [5.41, 5.74) is 0. The summed E-state index contributed by atoms with van der Waals surface area (Å²) in [5.74, 6) is -0.744. The Morgan fingerprint density at radius 2 is 1.62 bits per heavy atom. The molecular weight excluding hydrogens is 332 g/mol. The van der Waals surface area contributed by atoms with Gasteiger partial charge in [-0.2, -0.15) is 17.0 Å². The van der Waals surface area contributed by atoms with Crippen LogP contribution in [-0.4, -0.2) is 79.1 Å². The number of nitrogens with zero attached hydrogens (tertiary/aromatic N) is 3. The second-order valence-corrected chi connectivity index (χ2v) is 8.98. The van der Waals surface area contributed by atoms with Crippen molar-refractivity contribution in [1.29, 1.82) is 0 Å². The first-order chi connectivity index (χ1) is 11.4. The van der Waals surface area contributed by atoms with Gasteiger partial charge in [-0.3, -0.25) is 9.59 Å². The van der Waals surface area contributed by atoms with Gasteiger partial charge < -0.3 is 10.2 Å². The van der Waals surface area contributed by atoms with Gasteiger partial charge in [0.25, 0.3) is 10.2 Å². The van der Waals surface area contributed by atoms with Crippen molar-refractivity contribution in [3.8, 4) is 0 Å². The highest BCUT2D eigenvalue weighted by atomic mass is 32.2. The van der Waals surface area contributed by atoms with Crippen molar-refractivity contribution in [1.82, 2.24) is 18.8 Å². The molecule has 3 fully saturated rings. The van der Waals surface area contributed by atoms with Crippen molar-refractivity contribution in [2.75, 3.05) is 39.3 Å². The molecule has 1 N–H and O–H groups in total. The van der Waals surface area contributed by atoms with Gasteiger partial charge in [0.1, 0.15) is 0 Å². The minimum absolute atomic E-state index is 0.143. The monoisotopic (exact) mass is 358 g/mol. The van der Waals surface area contributed by atoms with Crippen LogP contribution >= 0.6 is 0 Å². The summed E-state index contributed by atoms with van der Waals surface area (Å²) in [5, 5.41) is 2.68. The Kier molecular flexibility index (Phi) is 5.12. The molecule has 136 valence electrons. The number of piperazine rings is 1. The number of piperidine rings is 1. The summed E-state index contributed by atoms with van der Waals surface area (Å²) >= 11 is 0. The van der Waals surface area contributed by atoms with Crippen LogP contribution in [0.5, 0.6) is 0 Å². The largest absolute Gasteiger partial charge is 0.345 e. The van der Waals surface area contributed by atoms with E-state index < -0.39 is 22.0 Å². The van der Waals surface area contributed by atoms with Crippen LogP contribution in [0.1, 0.15) is 32.6 Å². The molecule has 0 radical (unpaired) electrons. The molecule has 1 unspecified atom stereocenters. The highest BCUT2D eigenvalue weighted by Gasteiger charge is 2.36. The van der Waals surface area contributed by atoms with Gasteiger partial charge in [-0.05, 0) is 31.6 Å². The van der Waals surface area contributed by atoms with E-state index in [1.807, 2.05) is 0 Å². The molecule has 3 aliphatic rings. The third-order valence-electron chi connectivity index (χ3n) is 4.90. The molecule has 3 rings (SSSR count). The average Bonchev–Trinajstić information content (AvgIpc) is 3.38. The van der Waals surface area contributed by atoms with Crippen molar-refractivity contribution >= 4 is 22.0 Å². The molecule has 2 heterocycles. The second-order valence-electron chi connectivity index (χ2n) is 7.05. The highest BCUT2D eigenvalue weighted by molar-refractivity contribution is 7.86. The topological polar surface area (TPSA) is 90.0 Å². The molecule has 2 amide bonds. The maximum absolute atomic E-state index is 12.7. The summed E-state index contributed by atoms with van der Waals surface area (Å²) in [7, 11) is -3.47. The van der Waals surface area contributed by atoms with Crippen LogP contribution in [0.4, 0.5) is 0 Å². The lowest BCUT2D eigenvalue weighted by molar-refractivity contribution is -0.146. The Hall–Kier alpha value is -1.19. The van der Waals surface area contributed by atoms with Crippen molar-refractivity contribution in [2.45, 2.75) is 38.6 Å². The molecule has 2 aliphatic heterocycles. The second kappa shape index (κ2) is 6.97. The minimum atomic E-state index is -3.47. The lowest BCUT2D eigenvalue weighted by atomic mass is 10.0. The van der Waals surface area contributed by atoms with Crippen molar-refractivity contribution in [3.63, 3.8) is 0 Å². The van der Waals surface area contributed by atoms with Gasteiger partial charge in [0, 0.05) is 45.3 Å². The molecule has 1 atom stereocenters. The van der Waals surface area contributed by atoms with Gasteiger partial charge in [-0.1, -0.05) is 6.92 Å². The van der Waals surface area contributed by atoms with Crippen molar-refractivity contribution in [3.05, 3.63) is 0 Å². The number of carbonyl (C=O) groups excluding carboxylic acids is 2. The first kappa shape index (κ1) is 17.6. The van der Waals surface area contributed by atoms with Crippen LogP contribution in [0.3, 0.4) is 0 Å². The van der Waals surface area contributed by atoms with Gasteiger partial charge in [-0.25, -0.2) is 0 Å². The molecule has 1 aliphatic carbocycles. The molecule has 0 aromatic heterocycles. The first-order valence-corrected chi connectivity index (χ1v) is 10.1. The van der Waals surface area contributed by atoms with Gasteiger partial charge in [-0.15, -0.1) is 0 Å². The number of carbonyl (C=O) groups is 2. The van der Waals surface area contributed by atoms with E-state index in [1.165, 1.54) is 9.21 Å². The maximum Gasteiger partial charge on any atom is 0.311 e. The fourth-order valence-corrected chi connectivity index (χ4v) is 5.01. The molecule has 2 saturated heterocycles. The third-order valence-corrected chi connectivity index (χ3v) is 6.91. The van der Waals surface area contributed by atoms with Crippen LogP contribution < -0.4 is 5.32 Å². The number of hydrogen-bond acceptors (Lipinski definition) is 4. The van der Waals surface area contributed by atoms with E-state index in [0.717, 1.165) is 25.7 Å². The molecule has 0 bridgehead atoms. The summed E-state index contributed by atoms with van der Waals surface area (Å²) in [6.07, 6.45) is 3.81. The molecule has 24 heavy (non-hydrogen) atoms. The zero-order chi connectivity index (χ0) is 17.3. The van der Waals surface area contributed by atoms with Gasteiger partial charge in [0.15, 0.2) is 0 Å². The predicted molar refractivity (Wildman–Crippen MR) is 88.2 cm³/mol. The SMILES string of the molecule is CC1CCCN(S(=O)(=O)N2CCN(C(=O)C(=O)NC3CC3)CC2)C1. The van der Waals surface area contributed by atoms with Crippen molar-refractivity contribution in [2.24, 2.45) is 5.92 Å². The van der Waals surface area contributed by atoms with Crippen LogP contribution in [-0.2, 0) is 19.8 Å². The third kappa shape index (κ3) is 3.89. The maximum atomic E-state index is 12.7. The smallest absolute Gasteiger partial charge is 0.311 e. The van der Waals surface area contributed by atoms with Crippen molar-refractivity contribution < 1.29 is 18.0 Å². The molecule has 0 aromatic rings. The van der Waals surface area contributed by atoms with Gasteiger partial charge in [0.2, 0.25) is 0 Å². The van der Waals surface area contributed by atoms with Crippen LogP contribution in [0.2, 0.25) is 0 Å². The summed E-state index contributed by atoms with van der Waals surface area (Å²) in [4.78, 5) is 25.4. The lowest BCUT2D eigenvalue weighted by Crippen LogP contribution is -2.57. The van der Waals surface area contributed by atoms with E-state index in [0.29, 0.717) is 19.0 Å². The molecule has 1 saturated carbocycles. The molecular formula is C15H26N4O4S. The Morgan fingerprint density at radius 1 is 0.958 bits per heavy atom. The zero-order valence-corrected chi connectivity index (χ0v) is 14.9. The van der Waals surface area contributed by atoms with Crippen LogP contribution in [0.25, 0.3) is 0 Å². The Labute approximate surface area is 143 Å². The minimum Gasteiger partial charge on any atom is -0.345 e. The number of rotatable bonds is 3. The quantitative estimate of drug-likeness (QED) is 0.681. The van der Waals surface area contributed by atoms with Gasteiger partial charge >= 0.3 is 11.8 Å². The number of nitrogens with one attached hydrogen (secondary N) is 1. The Bertz CT molecular complexity index is 597. The molecule has 8 nitrogen and oxygen atoms in total. The molecule has 0 aromatic carbocycles. The van der Waals surface area contributed by atoms with Crippen LogP contribution in [0.15, 0.2) is 0 Å². The number of amides is 2. The van der Waals surface area contributed by atoms with E-state index in [1.54, 1.807) is 4.31 Å². The highest BCUT2D eigenvalue weighted by Crippen LogP contribution is 2.22. The summed E-state index contributed by atoms with van der Waals surface area (Å²) < 4.78 is 28.4. The average molecular weight is 358 g/mol.